The summed E-state index contributed by atoms with van der Waals surface area (Å²) < 4.78 is 13.8. The Morgan fingerprint density at radius 2 is 1.89 bits per heavy atom. The first-order valence-electron chi connectivity index (χ1n) is 5.92. The molecule has 2 aromatic rings. The number of rotatable bonds is 3. The Morgan fingerprint density at radius 1 is 1.16 bits per heavy atom. The van der Waals surface area contributed by atoms with E-state index in [1.807, 2.05) is 0 Å². The Hall–Kier alpha value is -1.06. The fourth-order valence-corrected chi connectivity index (χ4v) is 2.77. The zero-order valence-corrected chi connectivity index (χ0v) is 13.1. The molecule has 1 nitrogen and oxygen atoms in total. The molecule has 0 spiro atoms. The number of halogens is 3. The van der Waals surface area contributed by atoms with Gasteiger partial charge in [-0.2, -0.15) is 0 Å². The number of benzene rings is 2. The molecule has 0 radical (unpaired) electrons. The molecule has 2 rings (SSSR count). The number of aryl methyl sites for hydroxylation is 2. The quantitative estimate of drug-likeness (QED) is 0.780. The lowest BCUT2D eigenvalue weighted by Crippen LogP contribution is -2.02. The van der Waals surface area contributed by atoms with Crippen molar-refractivity contribution in [2.75, 3.05) is 5.32 Å². The molecule has 0 bridgehead atoms. The molecule has 0 fully saturated rings. The molecule has 0 unspecified atom stereocenters. The summed E-state index contributed by atoms with van der Waals surface area (Å²) in [5, 5.41) is 3.60. The number of hydrogen-bond donors (Lipinski definition) is 1. The van der Waals surface area contributed by atoms with Gasteiger partial charge >= 0.3 is 0 Å². The maximum Gasteiger partial charge on any atom is 0.125 e. The minimum atomic E-state index is -0.353. The Kier molecular flexibility index (Phi) is 4.48. The number of anilines is 1. The molecule has 0 atom stereocenters. The van der Waals surface area contributed by atoms with Gasteiger partial charge in [-0.25, -0.2) is 4.39 Å². The smallest absolute Gasteiger partial charge is 0.125 e. The van der Waals surface area contributed by atoms with Crippen LogP contribution in [0.15, 0.2) is 34.8 Å². The van der Waals surface area contributed by atoms with Crippen molar-refractivity contribution >= 4 is 33.2 Å². The lowest BCUT2D eigenvalue weighted by Gasteiger charge is -2.12. The van der Waals surface area contributed by atoms with Crippen molar-refractivity contribution in [2.24, 2.45) is 0 Å². The van der Waals surface area contributed by atoms with Gasteiger partial charge in [-0.05, 0) is 58.6 Å². The van der Waals surface area contributed by atoms with Gasteiger partial charge in [-0.3, -0.25) is 0 Å². The van der Waals surface area contributed by atoms with Crippen LogP contribution >= 0.6 is 27.5 Å². The Morgan fingerprint density at radius 3 is 2.53 bits per heavy atom. The highest BCUT2D eigenvalue weighted by Gasteiger charge is 2.08. The Balaban J connectivity index is 2.16. The van der Waals surface area contributed by atoms with E-state index in [9.17, 15) is 4.39 Å². The van der Waals surface area contributed by atoms with Gasteiger partial charge in [0.1, 0.15) is 5.82 Å². The highest BCUT2D eigenvalue weighted by molar-refractivity contribution is 9.10. The second kappa shape index (κ2) is 5.93. The highest BCUT2D eigenvalue weighted by atomic mass is 79.9. The minimum Gasteiger partial charge on any atom is -0.379 e. The summed E-state index contributed by atoms with van der Waals surface area (Å²) in [5.41, 5.74) is 4.39. The molecule has 0 heterocycles. The molecule has 19 heavy (non-hydrogen) atoms. The second-order valence-corrected chi connectivity index (χ2v) is 5.78. The van der Waals surface area contributed by atoms with Crippen molar-refractivity contribution in [1.82, 2.24) is 0 Å². The first-order chi connectivity index (χ1) is 8.97. The monoisotopic (exact) mass is 341 g/mol. The van der Waals surface area contributed by atoms with Crippen molar-refractivity contribution in [3.05, 3.63) is 62.3 Å². The van der Waals surface area contributed by atoms with Crippen molar-refractivity contribution in [3.63, 3.8) is 0 Å². The van der Waals surface area contributed by atoms with Crippen molar-refractivity contribution in [2.45, 2.75) is 20.4 Å². The van der Waals surface area contributed by atoms with Crippen LogP contribution in [0.1, 0.15) is 16.7 Å². The van der Waals surface area contributed by atoms with Crippen LogP contribution in [0.2, 0.25) is 5.02 Å². The van der Waals surface area contributed by atoms with Crippen LogP contribution in [-0.4, -0.2) is 0 Å². The number of hydrogen-bond acceptors (Lipinski definition) is 1. The van der Waals surface area contributed by atoms with E-state index in [2.05, 4.69) is 53.3 Å². The van der Waals surface area contributed by atoms with Gasteiger partial charge < -0.3 is 5.32 Å². The van der Waals surface area contributed by atoms with Crippen LogP contribution in [0.3, 0.4) is 0 Å². The molecule has 2 aromatic carbocycles. The predicted molar refractivity (Wildman–Crippen MR) is 82.4 cm³/mol. The standard InChI is InChI=1S/C15H14BrClFN/c1-9-3-4-11(5-10(9)2)8-19-15-13(16)6-12(18)7-14(15)17/h3-7,19H,8H2,1-2H3. The molecule has 0 saturated heterocycles. The van der Waals surface area contributed by atoms with Crippen LogP contribution < -0.4 is 5.32 Å². The normalized spacial score (nSPS) is 10.6. The van der Waals surface area contributed by atoms with E-state index < -0.39 is 0 Å². The van der Waals surface area contributed by atoms with E-state index in [1.165, 1.54) is 23.3 Å². The highest BCUT2D eigenvalue weighted by Crippen LogP contribution is 2.32. The van der Waals surface area contributed by atoms with Crippen LogP contribution in [0.4, 0.5) is 10.1 Å². The van der Waals surface area contributed by atoms with Crippen molar-refractivity contribution in [3.8, 4) is 0 Å². The summed E-state index contributed by atoms with van der Waals surface area (Å²) in [6, 6.07) is 8.99. The second-order valence-electron chi connectivity index (χ2n) is 4.52. The molecular formula is C15H14BrClFN. The Bertz CT molecular complexity index is 590. The molecule has 0 saturated carbocycles. The molecular weight excluding hydrogens is 329 g/mol. The maximum atomic E-state index is 13.1. The summed E-state index contributed by atoms with van der Waals surface area (Å²) >= 11 is 9.34. The third-order valence-corrected chi connectivity index (χ3v) is 3.97. The summed E-state index contributed by atoms with van der Waals surface area (Å²) in [7, 11) is 0. The number of nitrogens with one attached hydrogen (secondary N) is 1. The minimum absolute atomic E-state index is 0.353. The van der Waals surface area contributed by atoms with Crippen LogP contribution in [0.25, 0.3) is 0 Å². The van der Waals surface area contributed by atoms with Crippen molar-refractivity contribution in [1.29, 1.82) is 0 Å². The lowest BCUT2D eigenvalue weighted by molar-refractivity contribution is 0.627. The van der Waals surface area contributed by atoms with E-state index in [4.69, 9.17) is 11.6 Å². The zero-order chi connectivity index (χ0) is 14.0. The fourth-order valence-electron chi connectivity index (χ4n) is 1.82. The van der Waals surface area contributed by atoms with Gasteiger partial charge in [0, 0.05) is 11.0 Å². The van der Waals surface area contributed by atoms with E-state index in [-0.39, 0.29) is 5.82 Å². The fraction of sp³-hybridized carbons (Fsp3) is 0.200. The summed E-state index contributed by atoms with van der Waals surface area (Å²) in [5.74, 6) is -0.353. The van der Waals surface area contributed by atoms with Crippen LogP contribution in [0.5, 0.6) is 0 Å². The molecule has 0 aliphatic heterocycles. The molecule has 100 valence electrons. The van der Waals surface area contributed by atoms with Crippen LogP contribution in [-0.2, 0) is 6.54 Å². The molecule has 1 N–H and O–H groups in total. The SMILES string of the molecule is Cc1ccc(CNc2c(Cl)cc(F)cc2Br)cc1C. The van der Waals surface area contributed by atoms with E-state index in [0.29, 0.717) is 21.7 Å². The van der Waals surface area contributed by atoms with Gasteiger partial charge in [0.2, 0.25) is 0 Å². The third kappa shape index (κ3) is 3.48. The van der Waals surface area contributed by atoms with Gasteiger partial charge in [-0.1, -0.05) is 29.8 Å². The molecule has 0 amide bonds. The Labute approximate surface area is 125 Å². The third-order valence-electron chi connectivity index (χ3n) is 3.05. The lowest BCUT2D eigenvalue weighted by atomic mass is 10.1. The zero-order valence-electron chi connectivity index (χ0n) is 10.7. The van der Waals surface area contributed by atoms with Crippen molar-refractivity contribution < 1.29 is 4.39 Å². The molecule has 0 aliphatic carbocycles. The summed E-state index contributed by atoms with van der Waals surface area (Å²) in [6.07, 6.45) is 0. The molecule has 0 aromatic heterocycles. The van der Waals surface area contributed by atoms with E-state index >= 15 is 0 Å². The first kappa shape index (κ1) is 14.4. The molecule has 4 heteroatoms. The first-order valence-corrected chi connectivity index (χ1v) is 7.09. The summed E-state index contributed by atoms with van der Waals surface area (Å²) in [4.78, 5) is 0. The molecule has 0 aliphatic rings. The van der Waals surface area contributed by atoms with Gasteiger partial charge in [-0.15, -0.1) is 0 Å². The van der Waals surface area contributed by atoms with Crippen LogP contribution in [0, 0.1) is 19.7 Å². The van der Waals surface area contributed by atoms with Gasteiger partial charge in [0.15, 0.2) is 0 Å². The topological polar surface area (TPSA) is 12.0 Å². The van der Waals surface area contributed by atoms with Gasteiger partial charge in [0.05, 0.1) is 10.7 Å². The average Bonchev–Trinajstić information content (AvgIpc) is 2.32. The summed E-state index contributed by atoms with van der Waals surface area (Å²) in [6.45, 7) is 4.81. The largest absolute Gasteiger partial charge is 0.379 e. The van der Waals surface area contributed by atoms with Gasteiger partial charge in [0.25, 0.3) is 0 Å². The van der Waals surface area contributed by atoms with E-state index in [0.717, 1.165) is 5.56 Å². The predicted octanol–water partition coefficient (Wildman–Crippen LogP) is 5.47. The average molecular weight is 343 g/mol. The van der Waals surface area contributed by atoms with E-state index in [1.54, 1.807) is 0 Å². The maximum absolute atomic E-state index is 13.1.